The smallest absolute Gasteiger partial charge is 0.226 e. The number of carbonyl (C=O) groups is 1. The van der Waals surface area contributed by atoms with Crippen LogP contribution in [0.1, 0.15) is 38.5 Å². The summed E-state index contributed by atoms with van der Waals surface area (Å²) in [6.07, 6.45) is 6.86. The molecule has 1 heterocycles. The van der Waals surface area contributed by atoms with Gasteiger partial charge in [0, 0.05) is 17.4 Å². The van der Waals surface area contributed by atoms with E-state index in [4.69, 9.17) is 0 Å². The zero-order valence-corrected chi connectivity index (χ0v) is 15.0. The van der Waals surface area contributed by atoms with Crippen LogP contribution in [0, 0.1) is 5.92 Å². The monoisotopic (exact) mass is 350 g/mol. The van der Waals surface area contributed by atoms with Gasteiger partial charge >= 0.3 is 0 Å². The number of anilines is 1. The number of benzene rings is 2. The summed E-state index contributed by atoms with van der Waals surface area (Å²) >= 11 is 1.50. The van der Waals surface area contributed by atoms with Crippen molar-refractivity contribution in [1.29, 1.82) is 0 Å². The third-order valence-corrected chi connectivity index (χ3v) is 5.75. The fourth-order valence-corrected chi connectivity index (χ4v) is 4.37. The summed E-state index contributed by atoms with van der Waals surface area (Å²) in [7, 11) is 0. The fourth-order valence-electron chi connectivity index (χ4n) is 3.64. The number of rotatable bonds is 4. The highest BCUT2D eigenvalue weighted by Gasteiger charge is 2.17. The Morgan fingerprint density at radius 3 is 2.72 bits per heavy atom. The first kappa shape index (κ1) is 16.3. The van der Waals surface area contributed by atoms with Crippen LogP contribution < -0.4 is 5.32 Å². The molecule has 0 aliphatic heterocycles. The van der Waals surface area contributed by atoms with Crippen LogP contribution in [0.4, 0.5) is 5.13 Å². The number of amides is 1. The van der Waals surface area contributed by atoms with Gasteiger partial charge in [0.1, 0.15) is 0 Å². The summed E-state index contributed by atoms with van der Waals surface area (Å²) in [5.41, 5.74) is 2.01. The molecule has 1 amide bonds. The molecule has 2 aromatic carbocycles. The lowest BCUT2D eigenvalue weighted by atomic mass is 9.87. The van der Waals surface area contributed by atoms with Gasteiger partial charge in [0.05, 0.1) is 5.69 Å². The molecule has 1 fully saturated rings. The average molecular weight is 350 g/mol. The summed E-state index contributed by atoms with van der Waals surface area (Å²) in [5.74, 6) is 0.653. The van der Waals surface area contributed by atoms with Crippen molar-refractivity contribution in [2.75, 3.05) is 5.32 Å². The minimum Gasteiger partial charge on any atom is -0.302 e. The van der Waals surface area contributed by atoms with E-state index in [-0.39, 0.29) is 5.91 Å². The van der Waals surface area contributed by atoms with Crippen molar-refractivity contribution in [3.63, 3.8) is 0 Å². The van der Waals surface area contributed by atoms with Crippen molar-refractivity contribution in [2.45, 2.75) is 38.5 Å². The molecule has 3 nitrogen and oxygen atoms in total. The number of hydrogen-bond acceptors (Lipinski definition) is 3. The normalized spacial score (nSPS) is 15.4. The predicted octanol–water partition coefficient (Wildman–Crippen LogP) is 5.87. The van der Waals surface area contributed by atoms with Crippen LogP contribution in [0.5, 0.6) is 0 Å². The molecule has 3 aromatic rings. The van der Waals surface area contributed by atoms with Crippen molar-refractivity contribution in [1.82, 2.24) is 4.98 Å². The summed E-state index contributed by atoms with van der Waals surface area (Å²) in [5, 5.41) is 8.13. The first-order valence-corrected chi connectivity index (χ1v) is 9.90. The Kier molecular flexibility index (Phi) is 4.79. The van der Waals surface area contributed by atoms with Crippen molar-refractivity contribution in [3.8, 4) is 11.3 Å². The Labute approximate surface area is 152 Å². The van der Waals surface area contributed by atoms with Crippen LogP contribution in [-0.2, 0) is 4.79 Å². The number of hydrogen-bond donors (Lipinski definition) is 1. The zero-order valence-electron chi connectivity index (χ0n) is 14.2. The Hall–Kier alpha value is -2.20. The van der Waals surface area contributed by atoms with Gasteiger partial charge < -0.3 is 5.32 Å². The number of thiazole rings is 1. The van der Waals surface area contributed by atoms with E-state index in [0.29, 0.717) is 17.5 Å². The summed E-state index contributed by atoms with van der Waals surface area (Å²) in [4.78, 5) is 16.9. The molecule has 1 aliphatic rings. The van der Waals surface area contributed by atoms with Crippen LogP contribution in [0.2, 0.25) is 0 Å². The van der Waals surface area contributed by atoms with Gasteiger partial charge in [-0.05, 0) is 35.6 Å². The maximum atomic E-state index is 12.3. The van der Waals surface area contributed by atoms with Crippen LogP contribution in [0.25, 0.3) is 22.0 Å². The zero-order chi connectivity index (χ0) is 17.1. The summed E-state index contributed by atoms with van der Waals surface area (Å²) in [6, 6.07) is 14.7. The highest BCUT2D eigenvalue weighted by molar-refractivity contribution is 7.14. The molecule has 0 saturated heterocycles. The molecule has 0 unspecified atom stereocenters. The first-order chi connectivity index (χ1) is 12.3. The summed E-state index contributed by atoms with van der Waals surface area (Å²) < 4.78 is 0. The van der Waals surface area contributed by atoms with Crippen LogP contribution in [-0.4, -0.2) is 10.9 Å². The van der Waals surface area contributed by atoms with Gasteiger partial charge in [-0.15, -0.1) is 11.3 Å². The Balaban J connectivity index is 1.44. The topological polar surface area (TPSA) is 42.0 Å². The molecule has 1 aromatic heterocycles. The molecule has 1 aliphatic carbocycles. The van der Waals surface area contributed by atoms with Crippen molar-refractivity contribution in [2.24, 2.45) is 5.92 Å². The van der Waals surface area contributed by atoms with E-state index in [1.807, 2.05) is 17.5 Å². The molecule has 1 N–H and O–H groups in total. The van der Waals surface area contributed by atoms with Crippen LogP contribution in [0.15, 0.2) is 47.8 Å². The van der Waals surface area contributed by atoms with Gasteiger partial charge in [-0.3, -0.25) is 4.79 Å². The molecule has 0 radical (unpaired) electrons. The number of nitrogens with zero attached hydrogens (tertiary/aromatic N) is 1. The Morgan fingerprint density at radius 1 is 1.08 bits per heavy atom. The van der Waals surface area contributed by atoms with E-state index in [1.165, 1.54) is 54.2 Å². The lowest BCUT2D eigenvalue weighted by Crippen LogP contribution is -2.18. The van der Waals surface area contributed by atoms with Crippen molar-refractivity contribution < 1.29 is 4.79 Å². The third kappa shape index (κ3) is 3.90. The van der Waals surface area contributed by atoms with E-state index >= 15 is 0 Å². The minimum absolute atomic E-state index is 0.103. The predicted molar refractivity (Wildman–Crippen MR) is 105 cm³/mol. The molecule has 25 heavy (non-hydrogen) atoms. The van der Waals surface area contributed by atoms with Gasteiger partial charge in [0.2, 0.25) is 5.91 Å². The largest absolute Gasteiger partial charge is 0.302 e. The lowest BCUT2D eigenvalue weighted by molar-refractivity contribution is -0.117. The molecule has 128 valence electrons. The molecule has 0 spiro atoms. The van der Waals surface area contributed by atoms with Gasteiger partial charge in [0.15, 0.2) is 5.13 Å². The summed E-state index contributed by atoms with van der Waals surface area (Å²) in [6.45, 7) is 0. The minimum atomic E-state index is 0.103. The van der Waals surface area contributed by atoms with Crippen LogP contribution in [0.3, 0.4) is 0 Å². The lowest BCUT2D eigenvalue weighted by Gasteiger charge is -2.20. The van der Waals surface area contributed by atoms with Crippen molar-refractivity contribution >= 4 is 33.1 Å². The van der Waals surface area contributed by atoms with E-state index in [1.54, 1.807) is 0 Å². The Morgan fingerprint density at radius 2 is 1.88 bits per heavy atom. The van der Waals surface area contributed by atoms with Crippen molar-refractivity contribution in [3.05, 3.63) is 47.8 Å². The van der Waals surface area contributed by atoms with Gasteiger partial charge in [0.25, 0.3) is 0 Å². The molecular weight excluding hydrogens is 328 g/mol. The van der Waals surface area contributed by atoms with E-state index in [0.717, 1.165) is 11.3 Å². The number of nitrogens with one attached hydrogen (secondary N) is 1. The number of aromatic nitrogens is 1. The highest BCUT2D eigenvalue weighted by atomic mass is 32.1. The number of carbonyl (C=O) groups excluding carboxylic acids is 1. The SMILES string of the molecule is O=C(CC1CCCCC1)Nc1nc(-c2ccc3ccccc3c2)cs1. The quantitative estimate of drug-likeness (QED) is 0.639. The maximum Gasteiger partial charge on any atom is 0.226 e. The maximum absolute atomic E-state index is 12.3. The third-order valence-electron chi connectivity index (χ3n) is 4.99. The van der Waals surface area contributed by atoms with Crippen LogP contribution >= 0.6 is 11.3 Å². The van der Waals surface area contributed by atoms with Gasteiger partial charge in [-0.25, -0.2) is 4.98 Å². The highest BCUT2D eigenvalue weighted by Crippen LogP contribution is 2.29. The first-order valence-electron chi connectivity index (χ1n) is 9.02. The fraction of sp³-hybridized carbons (Fsp3) is 0.333. The molecule has 4 rings (SSSR count). The average Bonchev–Trinajstić information content (AvgIpc) is 3.10. The van der Waals surface area contributed by atoms with E-state index in [9.17, 15) is 4.79 Å². The molecule has 1 saturated carbocycles. The van der Waals surface area contributed by atoms with Gasteiger partial charge in [-0.1, -0.05) is 55.7 Å². The second-order valence-electron chi connectivity index (χ2n) is 6.86. The standard InChI is InChI=1S/C21H22N2OS/c24-20(12-15-6-2-1-3-7-15)23-21-22-19(14-25-21)18-11-10-16-8-4-5-9-17(16)13-18/h4-5,8-11,13-15H,1-3,6-7,12H2,(H,22,23,24). The van der Waals surface area contributed by atoms with Gasteiger partial charge in [-0.2, -0.15) is 0 Å². The number of fused-ring (bicyclic) bond motifs is 1. The molecule has 0 atom stereocenters. The molecule has 0 bridgehead atoms. The molecule has 4 heteroatoms. The Bertz CT molecular complexity index is 880. The molecular formula is C21H22N2OS. The van der Waals surface area contributed by atoms with E-state index in [2.05, 4.69) is 40.6 Å². The van der Waals surface area contributed by atoms with E-state index < -0.39 is 0 Å². The second kappa shape index (κ2) is 7.36. The second-order valence-corrected chi connectivity index (χ2v) is 7.71.